The maximum atomic E-state index is 13.8. The molecule has 132 valence electrons. The van der Waals surface area contributed by atoms with Crippen LogP contribution in [0.4, 0.5) is 10.1 Å². The van der Waals surface area contributed by atoms with Crippen molar-refractivity contribution in [3.63, 3.8) is 0 Å². The van der Waals surface area contributed by atoms with Crippen molar-refractivity contribution < 1.29 is 4.39 Å². The van der Waals surface area contributed by atoms with Crippen LogP contribution in [0.2, 0.25) is 0 Å². The first kappa shape index (κ1) is 16.7. The van der Waals surface area contributed by atoms with Crippen LogP contribution in [0.3, 0.4) is 0 Å². The number of pyridine rings is 1. The first-order chi connectivity index (χ1) is 12.6. The topological polar surface area (TPSA) is 33.1 Å². The van der Waals surface area contributed by atoms with Crippen molar-refractivity contribution in [3.8, 4) is 0 Å². The fourth-order valence-electron chi connectivity index (χ4n) is 3.49. The normalized spacial score (nSPS) is 19.7. The van der Waals surface area contributed by atoms with Gasteiger partial charge in [0, 0.05) is 30.8 Å². The molecule has 1 aromatic carbocycles. The van der Waals surface area contributed by atoms with E-state index in [2.05, 4.69) is 25.8 Å². The molecule has 1 saturated heterocycles. The number of hydrogen-bond donors (Lipinski definition) is 1. The Hall–Kier alpha value is -2.73. The highest BCUT2D eigenvalue weighted by molar-refractivity contribution is 7.80. The van der Waals surface area contributed by atoms with Gasteiger partial charge in [-0.2, -0.15) is 0 Å². The van der Waals surface area contributed by atoms with Gasteiger partial charge in [0.1, 0.15) is 11.9 Å². The summed E-state index contributed by atoms with van der Waals surface area (Å²) in [5.74, 6) is -0.219. The second-order valence-corrected chi connectivity index (χ2v) is 6.86. The molecule has 0 saturated carbocycles. The number of thiocarbonyl (C=S) groups is 1. The van der Waals surface area contributed by atoms with Crippen molar-refractivity contribution in [3.05, 3.63) is 83.7 Å². The van der Waals surface area contributed by atoms with Crippen LogP contribution in [-0.2, 0) is 7.05 Å². The van der Waals surface area contributed by atoms with Crippen LogP contribution >= 0.6 is 12.2 Å². The Balaban J connectivity index is 1.85. The number of benzene rings is 1. The summed E-state index contributed by atoms with van der Waals surface area (Å²) in [6.45, 7) is 1.76. The number of nitrogens with one attached hydrogen (secondary N) is 1. The van der Waals surface area contributed by atoms with E-state index < -0.39 is 0 Å². The van der Waals surface area contributed by atoms with Gasteiger partial charge in [0.2, 0.25) is 0 Å². The van der Waals surface area contributed by atoms with E-state index in [9.17, 15) is 4.39 Å². The standard InChI is InChI=1S/C20H19FN4S/c1-13-12-14(8-9-15(13)21)25-19(17-7-5-11-24(17)2)18(23-20(25)26)16-6-3-4-10-22-16/h3-12,18-19H,1-2H3,(H,23,26)/t18-,19+/m1/s1. The molecule has 1 aliphatic rings. The van der Waals surface area contributed by atoms with Crippen molar-refractivity contribution in [1.29, 1.82) is 0 Å². The van der Waals surface area contributed by atoms with Gasteiger partial charge in [0.05, 0.1) is 11.7 Å². The van der Waals surface area contributed by atoms with E-state index in [1.165, 1.54) is 6.07 Å². The summed E-state index contributed by atoms with van der Waals surface area (Å²) < 4.78 is 15.9. The van der Waals surface area contributed by atoms with E-state index in [1.807, 2.05) is 43.6 Å². The molecule has 1 aliphatic heterocycles. The maximum absolute atomic E-state index is 13.8. The molecular formula is C20H19FN4S. The number of rotatable bonds is 3. The van der Waals surface area contributed by atoms with E-state index in [4.69, 9.17) is 12.2 Å². The highest BCUT2D eigenvalue weighted by atomic mass is 32.1. The molecule has 3 heterocycles. The average Bonchev–Trinajstić information content (AvgIpc) is 3.21. The number of aryl methyl sites for hydroxylation is 2. The van der Waals surface area contributed by atoms with Crippen molar-refractivity contribution in [2.75, 3.05) is 4.90 Å². The monoisotopic (exact) mass is 366 g/mol. The van der Waals surface area contributed by atoms with Gasteiger partial charge in [-0.3, -0.25) is 4.98 Å². The third-order valence-corrected chi connectivity index (χ3v) is 5.12. The number of nitrogens with zero attached hydrogens (tertiary/aromatic N) is 3. The lowest BCUT2D eigenvalue weighted by Gasteiger charge is -2.28. The Morgan fingerprint density at radius 2 is 2.00 bits per heavy atom. The van der Waals surface area contributed by atoms with Crippen molar-refractivity contribution in [1.82, 2.24) is 14.9 Å². The summed E-state index contributed by atoms with van der Waals surface area (Å²) in [5, 5.41) is 4.02. The molecule has 0 unspecified atom stereocenters. The molecule has 2 aromatic heterocycles. The second kappa shape index (κ2) is 6.53. The van der Waals surface area contributed by atoms with E-state index in [0.717, 1.165) is 17.1 Å². The fraction of sp³-hybridized carbons (Fsp3) is 0.200. The van der Waals surface area contributed by atoms with E-state index in [-0.39, 0.29) is 17.9 Å². The molecule has 6 heteroatoms. The molecule has 1 N–H and O–H groups in total. The summed E-state index contributed by atoms with van der Waals surface area (Å²) in [6.07, 6.45) is 3.80. The smallest absolute Gasteiger partial charge is 0.174 e. The van der Waals surface area contributed by atoms with Gasteiger partial charge in [0.15, 0.2) is 5.11 Å². The summed E-state index contributed by atoms with van der Waals surface area (Å²) in [7, 11) is 2.01. The van der Waals surface area contributed by atoms with Gasteiger partial charge in [-0.15, -0.1) is 0 Å². The SMILES string of the molecule is Cc1cc(N2C(=S)N[C@H](c3ccccn3)[C@@H]2c2cccn2C)ccc1F. The number of halogens is 1. The molecule has 0 aliphatic carbocycles. The van der Waals surface area contributed by atoms with Crippen molar-refractivity contribution in [2.24, 2.45) is 7.05 Å². The Kier molecular flexibility index (Phi) is 4.20. The Bertz CT molecular complexity index is 953. The zero-order valence-electron chi connectivity index (χ0n) is 14.6. The molecular weight excluding hydrogens is 347 g/mol. The summed E-state index contributed by atoms with van der Waals surface area (Å²) in [6, 6.07) is 14.9. The molecule has 3 aromatic rings. The largest absolute Gasteiger partial charge is 0.353 e. The Morgan fingerprint density at radius 1 is 1.15 bits per heavy atom. The van der Waals surface area contributed by atoms with Crippen LogP contribution in [0.5, 0.6) is 0 Å². The van der Waals surface area contributed by atoms with Gasteiger partial charge in [-0.05, 0) is 67.2 Å². The zero-order valence-corrected chi connectivity index (χ0v) is 15.4. The first-order valence-electron chi connectivity index (χ1n) is 8.44. The van der Waals surface area contributed by atoms with Gasteiger partial charge in [-0.25, -0.2) is 4.39 Å². The molecule has 4 rings (SSSR count). The lowest BCUT2D eigenvalue weighted by Crippen LogP contribution is -2.30. The molecule has 0 radical (unpaired) electrons. The zero-order chi connectivity index (χ0) is 18.3. The quantitative estimate of drug-likeness (QED) is 0.709. The Labute approximate surface area is 157 Å². The van der Waals surface area contributed by atoms with E-state index >= 15 is 0 Å². The van der Waals surface area contributed by atoms with Crippen LogP contribution in [0.1, 0.15) is 29.0 Å². The average molecular weight is 366 g/mol. The molecule has 2 atom stereocenters. The van der Waals surface area contributed by atoms with Crippen molar-refractivity contribution >= 4 is 23.0 Å². The minimum atomic E-state index is -0.219. The second-order valence-electron chi connectivity index (χ2n) is 6.47. The van der Waals surface area contributed by atoms with Crippen molar-refractivity contribution in [2.45, 2.75) is 19.0 Å². The van der Waals surface area contributed by atoms with Gasteiger partial charge in [0.25, 0.3) is 0 Å². The highest BCUT2D eigenvalue weighted by Gasteiger charge is 2.41. The fourth-order valence-corrected chi connectivity index (χ4v) is 3.84. The minimum absolute atomic E-state index is 0.0812. The number of aromatic nitrogens is 2. The number of anilines is 1. The van der Waals surface area contributed by atoms with Gasteiger partial charge >= 0.3 is 0 Å². The maximum Gasteiger partial charge on any atom is 0.174 e. The summed E-state index contributed by atoms with van der Waals surface area (Å²) >= 11 is 5.65. The lowest BCUT2D eigenvalue weighted by atomic mass is 10.0. The molecule has 0 spiro atoms. The minimum Gasteiger partial charge on any atom is -0.353 e. The third-order valence-electron chi connectivity index (χ3n) is 4.80. The molecule has 0 amide bonds. The van der Waals surface area contributed by atoms with Gasteiger partial charge in [-0.1, -0.05) is 6.07 Å². The molecule has 26 heavy (non-hydrogen) atoms. The molecule has 0 bridgehead atoms. The van der Waals surface area contributed by atoms with Gasteiger partial charge < -0.3 is 14.8 Å². The molecule has 1 fully saturated rings. The lowest BCUT2D eigenvalue weighted by molar-refractivity contribution is 0.540. The first-order valence-corrected chi connectivity index (χ1v) is 8.85. The van der Waals surface area contributed by atoms with Crippen LogP contribution in [0.15, 0.2) is 60.9 Å². The van der Waals surface area contributed by atoms with Crippen LogP contribution < -0.4 is 10.2 Å². The highest BCUT2D eigenvalue weighted by Crippen LogP contribution is 2.41. The summed E-state index contributed by atoms with van der Waals surface area (Å²) in [4.78, 5) is 6.58. The predicted octanol–water partition coefficient (Wildman–Crippen LogP) is 4.04. The predicted molar refractivity (Wildman–Crippen MR) is 104 cm³/mol. The van der Waals surface area contributed by atoms with Crippen LogP contribution in [0, 0.1) is 12.7 Å². The molecule has 4 nitrogen and oxygen atoms in total. The van der Waals surface area contributed by atoms with E-state index in [1.54, 1.807) is 19.2 Å². The van der Waals surface area contributed by atoms with Crippen LogP contribution in [0.25, 0.3) is 0 Å². The third kappa shape index (κ3) is 2.76. The number of hydrogen-bond acceptors (Lipinski definition) is 2. The van der Waals surface area contributed by atoms with E-state index in [0.29, 0.717) is 10.7 Å². The summed E-state index contributed by atoms with van der Waals surface area (Å²) in [5.41, 5.74) is 3.49. The Morgan fingerprint density at radius 3 is 2.65 bits per heavy atom. The van der Waals surface area contributed by atoms with Crippen LogP contribution in [-0.4, -0.2) is 14.7 Å².